The number of hydrogen-bond acceptors (Lipinski definition) is 3. The number of anilines is 1. The second kappa shape index (κ2) is 10.3. The molecule has 0 saturated heterocycles. The molecule has 2 N–H and O–H groups in total. The average Bonchev–Trinajstić information content (AvgIpc) is 3.12. The number of aromatic nitrogens is 2. The van der Waals surface area contributed by atoms with Crippen LogP contribution in [0.4, 0.5) is 10.1 Å². The summed E-state index contributed by atoms with van der Waals surface area (Å²) in [6.45, 7) is 2.23. The Hall–Kier alpha value is -3.97. The van der Waals surface area contributed by atoms with E-state index in [4.69, 9.17) is 11.6 Å². The molecule has 0 fully saturated rings. The number of para-hydroxylation sites is 1. The van der Waals surface area contributed by atoms with Gasteiger partial charge in [-0.2, -0.15) is 5.10 Å². The molecular weight excluding hydrogens is 455 g/mol. The number of nitrogens with one attached hydrogen (secondary N) is 2. The number of carbonyl (C=O) groups is 2. The highest BCUT2D eigenvalue weighted by Crippen LogP contribution is 2.21. The maximum atomic E-state index is 13.1. The molecule has 0 atom stereocenters. The van der Waals surface area contributed by atoms with Gasteiger partial charge in [0.05, 0.1) is 17.8 Å². The second-order valence-electron chi connectivity index (χ2n) is 7.74. The molecule has 0 saturated carbocycles. The van der Waals surface area contributed by atoms with Crippen LogP contribution in [0.15, 0.2) is 78.9 Å². The van der Waals surface area contributed by atoms with E-state index >= 15 is 0 Å². The van der Waals surface area contributed by atoms with Crippen LogP contribution in [-0.4, -0.2) is 21.6 Å². The number of aryl methyl sites for hydroxylation is 1. The van der Waals surface area contributed by atoms with Gasteiger partial charge in [-0.15, -0.1) is 0 Å². The lowest BCUT2D eigenvalue weighted by Gasteiger charge is -2.09. The fourth-order valence-electron chi connectivity index (χ4n) is 3.50. The Kier molecular flexibility index (Phi) is 7.04. The summed E-state index contributed by atoms with van der Waals surface area (Å²) >= 11 is 6.44. The molecule has 0 aliphatic rings. The third kappa shape index (κ3) is 5.50. The Morgan fingerprint density at radius 2 is 1.68 bits per heavy atom. The predicted octanol–water partition coefficient (Wildman–Crippen LogP) is 5.21. The first kappa shape index (κ1) is 23.2. The van der Waals surface area contributed by atoms with Crippen molar-refractivity contribution < 1.29 is 14.0 Å². The van der Waals surface area contributed by atoms with Crippen LogP contribution in [0.3, 0.4) is 0 Å². The van der Waals surface area contributed by atoms with E-state index in [2.05, 4.69) is 15.7 Å². The summed E-state index contributed by atoms with van der Waals surface area (Å²) < 4.78 is 14.7. The highest BCUT2D eigenvalue weighted by molar-refractivity contribution is 6.33. The number of amides is 2. The van der Waals surface area contributed by atoms with Crippen LogP contribution in [0, 0.1) is 12.7 Å². The first-order valence-corrected chi connectivity index (χ1v) is 11.0. The summed E-state index contributed by atoms with van der Waals surface area (Å²) in [6.07, 6.45) is 0. The van der Waals surface area contributed by atoms with Gasteiger partial charge < -0.3 is 10.6 Å². The minimum atomic E-state index is -0.369. The monoisotopic (exact) mass is 476 g/mol. The molecule has 3 aromatic carbocycles. The summed E-state index contributed by atoms with van der Waals surface area (Å²) in [5.74, 6) is -0.930. The van der Waals surface area contributed by atoms with Crippen molar-refractivity contribution in [3.8, 4) is 0 Å². The molecule has 0 aliphatic heterocycles. The Morgan fingerprint density at radius 3 is 2.41 bits per heavy atom. The molecule has 1 aromatic heterocycles. The minimum Gasteiger partial charge on any atom is -0.348 e. The van der Waals surface area contributed by atoms with Crippen molar-refractivity contribution in [3.63, 3.8) is 0 Å². The molecule has 4 rings (SSSR count). The van der Waals surface area contributed by atoms with Crippen molar-refractivity contribution >= 4 is 29.1 Å². The van der Waals surface area contributed by atoms with Gasteiger partial charge in [0, 0.05) is 17.8 Å². The number of rotatable bonds is 7. The fourth-order valence-corrected chi connectivity index (χ4v) is 3.82. The van der Waals surface area contributed by atoms with Crippen molar-refractivity contribution in [2.75, 3.05) is 5.32 Å². The molecule has 0 unspecified atom stereocenters. The molecule has 4 aromatic rings. The largest absolute Gasteiger partial charge is 0.348 e. The smallest absolute Gasteiger partial charge is 0.256 e. The van der Waals surface area contributed by atoms with Crippen LogP contribution in [0.2, 0.25) is 5.15 Å². The van der Waals surface area contributed by atoms with Gasteiger partial charge in [-0.1, -0.05) is 54.1 Å². The lowest BCUT2D eigenvalue weighted by Crippen LogP contribution is -2.24. The van der Waals surface area contributed by atoms with E-state index in [0.29, 0.717) is 23.5 Å². The number of hydrogen-bond donors (Lipinski definition) is 2. The Morgan fingerprint density at radius 1 is 0.941 bits per heavy atom. The maximum Gasteiger partial charge on any atom is 0.256 e. The van der Waals surface area contributed by atoms with Crippen molar-refractivity contribution in [2.45, 2.75) is 20.0 Å². The molecular formula is C26H22ClFN4O2. The first-order chi connectivity index (χ1) is 16.4. The van der Waals surface area contributed by atoms with Gasteiger partial charge in [-0.25, -0.2) is 9.07 Å². The van der Waals surface area contributed by atoms with Crippen LogP contribution < -0.4 is 10.6 Å². The summed E-state index contributed by atoms with van der Waals surface area (Å²) in [6, 6.07) is 22.2. The molecule has 1 heterocycles. The standard InChI is InChI=1S/C26H22ClFN4O2/c1-17-23(24(27)32(31-17)16-18-10-12-21(28)13-11-18)26(34)29-15-19-6-5-7-20(14-19)25(33)30-22-8-3-2-4-9-22/h2-14H,15-16H2,1H3,(H,29,34)(H,30,33). The molecule has 8 heteroatoms. The van der Waals surface area contributed by atoms with Crippen LogP contribution in [-0.2, 0) is 13.1 Å². The van der Waals surface area contributed by atoms with E-state index in [1.165, 1.54) is 16.8 Å². The molecule has 0 radical (unpaired) electrons. The van der Waals surface area contributed by atoms with Gasteiger partial charge in [0.25, 0.3) is 11.8 Å². The highest BCUT2D eigenvalue weighted by atomic mass is 35.5. The summed E-state index contributed by atoms with van der Waals surface area (Å²) in [7, 11) is 0. The zero-order valence-electron chi connectivity index (χ0n) is 18.4. The second-order valence-corrected chi connectivity index (χ2v) is 8.10. The lowest BCUT2D eigenvalue weighted by molar-refractivity contribution is 0.0950. The Labute approximate surface area is 201 Å². The van der Waals surface area contributed by atoms with Gasteiger partial charge in [0.1, 0.15) is 11.0 Å². The quantitative estimate of drug-likeness (QED) is 0.384. The Balaban J connectivity index is 1.42. The van der Waals surface area contributed by atoms with Crippen LogP contribution in [0.5, 0.6) is 0 Å². The zero-order valence-corrected chi connectivity index (χ0v) is 19.1. The van der Waals surface area contributed by atoms with Gasteiger partial charge in [-0.3, -0.25) is 9.59 Å². The van der Waals surface area contributed by atoms with Crippen molar-refractivity contribution in [1.82, 2.24) is 15.1 Å². The highest BCUT2D eigenvalue weighted by Gasteiger charge is 2.20. The van der Waals surface area contributed by atoms with E-state index in [-0.39, 0.29) is 34.9 Å². The van der Waals surface area contributed by atoms with E-state index in [9.17, 15) is 14.0 Å². The molecule has 0 aliphatic carbocycles. The first-order valence-electron chi connectivity index (χ1n) is 10.6. The number of carbonyl (C=O) groups excluding carboxylic acids is 2. The molecule has 6 nitrogen and oxygen atoms in total. The van der Waals surface area contributed by atoms with Crippen LogP contribution in [0.25, 0.3) is 0 Å². The Bertz CT molecular complexity index is 1320. The molecule has 34 heavy (non-hydrogen) atoms. The number of benzene rings is 3. The molecule has 0 bridgehead atoms. The summed E-state index contributed by atoms with van der Waals surface area (Å²) in [5.41, 5.74) is 3.53. The van der Waals surface area contributed by atoms with E-state index < -0.39 is 0 Å². The third-order valence-corrected chi connectivity index (χ3v) is 5.60. The SMILES string of the molecule is Cc1nn(Cc2ccc(F)cc2)c(Cl)c1C(=O)NCc1cccc(C(=O)Nc2ccccc2)c1. The average molecular weight is 477 g/mol. The van der Waals surface area contributed by atoms with E-state index in [1.807, 2.05) is 36.4 Å². The topological polar surface area (TPSA) is 76.0 Å². The molecule has 2 amide bonds. The summed E-state index contributed by atoms with van der Waals surface area (Å²) in [5, 5.41) is 10.2. The van der Waals surface area contributed by atoms with Gasteiger partial charge in [0.2, 0.25) is 0 Å². The van der Waals surface area contributed by atoms with Crippen LogP contribution in [0.1, 0.15) is 37.5 Å². The van der Waals surface area contributed by atoms with Gasteiger partial charge in [-0.05, 0) is 54.4 Å². The number of halogens is 2. The zero-order chi connectivity index (χ0) is 24.1. The van der Waals surface area contributed by atoms with E-state index in [1.54, 1.807) is 37.3 Å². The normalized spacial score (nSPS) is 10.7. The molecule has 172 valence electrons. The van der Waals surface area contributed by atoms with Gasteiger partial charge in [0.15, 0.2) is 0 Å². The van der Waals surface area contributed by atoms with Crippen LogP contribution >= 0.6 is 11.6 Å². The molecule has 0 spiro atoms. The van der Waals surface area contributed by atoms with Crippen molar-refractivity contribution in [3.05, 3.63) is 118 Å². The van der Waals surface area contributed by atoms with Crippen molar-refractivity contribution in [2.24, 2.45) is 0 Å². The maximum absolute atomic E-state index is 13.1. The van der Waals surface area contributed by atoms with E-state index in [0.717, 1.165) is 11.1 Å². The predicted molar refractivity (Wildman–Crippen MR) is 129 cm³/mol. The summed E-state index contributed by atoms with van der Waals surface area (Å²) in [4.78, 5) is 25.4. The third-order valence-electron chi connectivity index (χ3n) is 5.21. The van der Waals surface area contributed by atoms with Crippen molar-refractivity contribution in [1.29, 1.82) is 0 Å². The number of nitrogens with zero attached hydrogens (tertiary/aromatic N) is 2. The fraction of sp³-hybridized carbons (Fsp3) is 0.115. The lowest BCUT2D eigenvalue weighted by atomic mass is 10.1. The van der Waals surface area contributed by atoms with Gasteiger partial charge >= 0.3 is 0 Å². The minimum absolute atomic E-state index is 0.204.